The second-order valence-corrected chi connectivity index (χ2v) is 4.37. The lowest BCUT2D eigenvalue weighted by molar-refractivity contribution is 1.06. The highest BCUT2D eigenvalue weighted by atomic mass is 79.9. The number of nitrogens with zero attached hydrogens (tertiary/aromatic N) is 1. The topological polar surface area (TPSA) is 64.9 Å². The Balaban J connectivity index is 2.41. The van der Waals surface area contributed by atoms with Crippen molar-refractivity contribution in [3.8, 4) is 11.3 Å². The van der Waals surface area contributed by atoms with Gasteiger partial charge in [-0.15, -0.1) is 0 Å². The zero-order chi connectivity index (χ0) is 11.5. The van der Waals surface area contributed by atoms with Crippen molar-refractivity contribution in [1.29, 1.82) is 0 Å². The third-order valence-corrected chi connectivity index (χ3v) is 2.90. The van der Waals surface area contributed by atoms with Gasteiger partial charge in [0, 0.05) is 22.1 Å². The number of nitrogens with two attached hydrogens (primary N) is 2. The number of benzene rings is 1. The number of aromatic nitrogens is 1. The average Bonchev–Trinajstić information content (AvgIpc) is 2.30. The SMILES string of the molecule is NCc1ccc(-c2ccc(Br)cc2)nc1N. The van der Waals surface area contributed by atoms with E-state index in [2.05, 4.69) is 20.9 Å². The molecule has 0 aliphatic rings. The van der Waals surface area contributed by atoms with Crippen LogP contribution in [0.1, 0.15) is 5.56 Å². The molecule has 0 atom stereocenters. The summed E-state index contributed by atoms with van der Waals surface area (Å²) in [5.41, 5.74) is 14.1. The Labute approximate surface area is 103 Å². The van der Waals surface area contributed by atoms with E-state index in [1.54, 1.807) is 0 Å². The lowest BCUT2D eigenvalue weighted by Gasteiger charge is -2.05. The smallest absolute Gasteiger partial charge is 0.128 e. The van der Waals surface area contributed by atoms with Crippen LogP contribution in [0.25, 0.3) is 11.3 Å². The molecule has 0 fully saturated rings. The van der Waals surface area contributed by atoms with Crippen LogP contribution in [0, 0.1) is 0 Å². The summed E-state index contributed by atoms with van der Waals surface area (Å²) in [6.45, 7) is 0.416. The van der Waals surface area contributed by atoms with Gasteiger partial charge in [0.15, 0.2) is 0 Å². The first kappa shape index (κ1) is 11.1. The lowest BCUT2D eigenvalue weighted by atomic mass is 10.1. The predicted molar refractivity (Wildman–Crippen MR) is 69.7 cm³/mol. The number of nitrogen functional groups attached to an aromatic ring is 1. The van der Waals surface area contributed by atoms with Gasteiger partial charge in [0.2, 0.25) is 0 Å². The number of hydrogen-bond donors (Lipinski definition) is 2. The first-order chi connectivity index (χ1) is 7.70. The standard InChI is InChI=1S/C12H12BrN3/c13-10-4-1-8(2-5-10)11-6-3-9(7-14)12(15)16-11/h1-6H,7,14H2,(H2,15,16). The van der Waals surface area contributed by atoms with Gasteiger partial charge >= 0.3 is 0 Å². The molecule has 1 aromatic carbocycles. The zero-order valence-electron chi connectivity index (χ0n) is 8.65. The molecule has 4 N–H and O–H groups in total. The Morgan fingerprint density at radius 1 is 1.06 bits per heavy atom. The molecule has 16 heavy (non-hydrogen) atoms. The van der Waals surface area contributed by atoms with Crippen molar-refractivity contribution in [2.24, 2.45) is 5.73 Å². The van der Waals surface area contributed by atoms with Gasteiger partial charge in [-0.05, 0) is 18.2 Å². The van der Waals surface area contributed by atoms with Gasteiger partial charge in [-0.2, -0.15) is 0 Å². The van der Waals surface area contributed by atoms with E-state index in [0.29, 0.717) is 12.4 Å². The van der Waals surface area contributed by atoms with Crippen molar-refractivity contribution in [2.45, 2.75) is 6.54 Å². The molecule has 0 unspecified atom stereocenters. The predicted octanol–water partition coefficient (Wildman–Crippen LogP) is 2.55. The fourth-order valence-corrected chi connectivity index (χ4v) is 1.72. The van der Waals surface area contributed by atoms with E-state index in [-0.39, 0.29) is 0 Å². The summed E-state index contributed by atoms with van der Waals surface area (Å²) >= 11 is 3.39. The van der Waals surface area contributed by atoms with Crippen molar-refractivity contribution in [3.05, 3.63) is 46.4 Å². The molecular formula is C12H12BrN3. The van der Waals surface area contributed by atoms with E-state index in [1.807, 2.05) is 36.4 Å². The van der Waals surface area contributed by atoms with Crippen LogP contribution < -0.4 is 11.5 Å². The fraction of sp³-hybridized carbons (Fsp3) is 0.0833. The minimum atomic E-state index is 0.416. The largest absolute Gasteiger partial charge is 0.383 e. The highest BCUT2D eigenvalue weighted by Crippen LogP contribution is 2.22. The van der Waals surface area contributed by atoms with Crippen LogP contribution in [-0.2, 0) is 6.54 Å². The molecule has 2 aromatic rings. The van der Waals surface area contributed by atoms with Gasteiger partial charge in [0.25, 0.3) is 0 Å². The molecule has 0 saturated carbocycles. The van der Waals surface area contributed by atoms with Crippen LogP contribution in [0.15, 0.2) is 40.9 Å². The monoisotopic (exact) mass is 277 g/mol. The summed E-state index contributed by atoms with van der Waals surface area (Å²) in [6.07, 6.45) is 0. The number of pyridine rings is 1. The molecule has 1 aromatic heterocycles. The van der Waals surface area contributed by atoms with Gasteiger partial charge < -0.3 is 11.5 Å². The van der Waals surface area contributed by atoms with Gasteiger partial charge in [-0.3, -0.25) is 0 Å². The maximum Gasteiger partial charge on any atom is 0.128 e. The highest BCUT2D eigenvalue weighted by molar-refractivity contribution is 9.10. The van der Waals surface area contributed by atoms with E-state index in [9.17, 15) is 0 Å². The third kappa shape index (κ3) is 2.23. The van der Waals surface area contributed by atoms with Crippen molar-refractivity contribution >= 4 is 21.7 Å². The van der Waals surface area contributed by atoms with Gasteiger partial charge in [0.1, 0.15) is 5.82 Å². The molecule has 4 heteroatoms. The van der Waals surface area contributed by atoms with E-state index in [1.165, 1.54) is 0 Å². The Bertz CT molecular complexity index is 494. The third-order valence-electron chi connectivity index (χ3n) is 2.37. The Hall–Kier alpha value is -1.39. The number of anilines is 1. The van der Waals surface area contributed by atoms with Gasteiger partial charge in [-0.1, -0.05) is 34.1 Å². The van der Waals surface area contributed by atoms with E-state index >= 15 is 0 Å². The quantitative estimate of drug-likeness (QED) is 0.887. The summed E-state index contributed by atoms with van der Waals surface area (Å²) in [6, 6.07) is 11.8. The van der Waals surface area contributed by atoms with Crippen molar-refractivity contribution in [2.75, 3.05) is 5.73 Å². The first-order valence-electron chi connectivity index (χ1n) is 4.92. The van der Waals surface area contributed by atoms with Crippen LogP contribution in [0.5, 0.6) is 0 Å². The molecular weight excluding hydrogens is 266 g/mol. The van der Waals surface area contributed by atoms with Crippen molar-refractivity contribution < 1.29 is 0 Å². The molecule has 3 nitrogen and oxygen atoms in total. The second-order valence-electron chi connectivity index (χ2n) is 3.45. The Morgan fingerprint density at radius 2 is 1.75 bits per heavy atom. The molecule has 0 bridgehead atoms. The number of halogens is 1. The van der Waals surface area contributed by atoms with Crippen molar-refractivity contribution in [3.63, 3.8) is 0 Å². The molecule has 0 amide bonds. The average molecular weight is 278 g/mol. The summed E-state index contributed by atoms with van der Waals surface area (Å²) in [5.74, 6) is 0.503. The summed E-state index contributed by atoms with van der Waals surface area (Å²) in [7, 11) is 0. The van der Waals surface area contributed by atoms with Crippen LogP contribution in [0.4, 0.5) is 5.82 Å². The molecule has 0 spiro atoms. The van der Waals surface area contributed by atoms with Crippen LogP contribution in [-0.4, -0.2) is 4.98 Å². The molecule has 1 heterocycles. The number of hydrogen-bond acceptors (Lipinski definition) is 3. The van der Waals surface area contributed by atoms with Gasteiger partial charge in [0.05, 0.1) is 5.69 Å². The first-order valence-corrected chi connectivity index (χ1v) is 5.71. The molecule has 0 radical (unpaired) electrons. The minimum Gasteiger partial charge on any atom is -0.383 e. The molecule has 82 valence electrons. The van der Waals surface area contributed by atoms with E-state index in [0.717, 1.165) is 21.3 Å². The summed E-state index contributed by atoms with van der Waals surface area (Å²) in [5, 5.41) is 0. The Kier molecular flexibility index (Phi) is 3.22. The fourth-order valence-electron chi connectivity index (χ4n) is 1.46. The normalized spacial score (nSPS) is 10.4. The molecule has 0 aliphatic carbocycles. The van der Waals surface area contributed by atoms with Crippen LogP contribution in [0.2, 0.25) is 0 Å². The van der Waals surface area contributed by atoms with Crippen molar-refractivity contribution in [1.82, 2.24) is 4.98 Å². The van der Waals surface area contributed by atoms with Crippen LogP contribution >= 0.6 is 15.9 Å². The minimum absolute atomic E-state index is 0.416. The van der Waals surface area contributed by atoms with Crippen LogP contribution in [0.3, 0.4) is 0 Å². The van der Waals surface area contributed by atoms with E-state index < -0.39 is 0 Å². The molecule has 2 rings (SSSR count). The lowest BCUT2D eigenvalue weighted by Crippen LogP contribution is -2.03. The zero-order valence-corrected chi connectivity index (χ0v) is 10.2. The summed E-state index contributed by atoms with van der Waals surface area (Å²) < 4.78 is 1.04. The molecule has 0 aliphatic heterocycles. The highest BCUT2D eigenvalue weighted by Gasteiger charge is 2.03. The second kappa shape index (κ2) is 4.63. The van der Waals surface area contributed by atoms with E-state index in [4.69, 9.17) is 11.5 Å². The maximum atomic E-state index is 5.80. The Morgan fingerprint density at radius 3 is 2.31 bits per heavy atom. The summed E-state index contributed by atoms with van der Waals surface area (Å²) in [4.78, 5) is 4.33. The maximum absolute atomic E-state index is 5.80. The number of rotatable bonds is 2. The molecule has 0 saturated heterocycles. The van der Waals surface area contributed by atoms with Gasteiger partial charge in [-0.25, -0.2) is 4.98 Å².